The van der Waals surface area contributed by atoms with E-state index in [2.05, 4.69) is 9.97 Å². The Hall–Kier alpha value is -3.29. The molecule has 8 heteroatoms. The molecule has 170 valence electrons. The number of aliphatic hydroxyl groups excluding tert-OH is 1. The molecule has 2 aliphatic rings. The quantitative estimate of drug-likeness (QED) is 0.562. The lowest BCUT2D eigenvalue weighted by Gasteiger charge is -2.31. The maximum atomic E-state index is 13.0. The Morgan fingerprint density at radius 3 is 3.03 bits per heavy atom. The predicted octanol–water partition coefficient (Wildman–Crippen LogP) is 4.17. The average Bonchev–Trinajstić information content (AvgIpc) is 3.34. The summed E-state index contributed by atoms with van der Waals surface area (Å²) in [7, 11) is 0. The first-order valence-corrected chi connectivity index (χ1v) is 11.3. The number of H-pyrrole nitrogens is 1. The summed E-state index contributed by atoms with van der Waals surface area (Å²) in [4.78, 5) is 22.3. The van der Waals surface area contributed by atoms with Crippen LogP contribution in [0.1, 0.15) is 30.5 Å². The third-order valence-electron chi connectivity index (χ3n) is 5.80. The van der Waals surface area contributed by atoms with Gasteiger partial charge in [-0.2, -0.15) is 0 Å². The van der Waals surface area contributed by atoms with Crippen LogP contribution in [0.15, 0.2) is 59.9 Å². The van der Waals surface area contributed by atoms with E-state index in [-0.39, 0.29) is 17.4 Å². The van der Waals surface area contributed by atoms with Gasteiger partial charge in [-0.25, -0.2) is 9.78 Å². The van der Waals surface area contributed by atoms with Crippen LogP contribution in [0.5, 0.6) is 0 Å². The highest BCUT2D eigenvalue weighted by Gasteiger charge is 2.40. The Morgan fingerprint density at radius 1 is 1.36 bits per heavy atom. The number of ether oxygens (including phenoxy) is 2. The molecule has 1 unspecified atom stereocenters. The van der Waals surface area contributed by atoms with E-state index in [0.717, 1.165) is 28.6 Å². The zero-order valence-electron chi connectivity index (χ0n) is 18.3. The summed E-state index contributed by atoms with van der Waals surface area (Å²) in [5, 5.41) is 12.7. The van der Waals surface area contributed by atoms with E-state index in [1.165, 1.54) is 5.56 Å². The summed E-state index contributed by atoms with van der Waals surface area (Å²) in [6, 6.07) is 9.61. The molecule has 0 radical (unpaired) electrons. The summed E-state index contributed by atoms with van der Waals surface area (Å²) in [6.45, 7) is 4.70. The molecule has 0 spiro atoms. The predicted molar refractivity (Wildman–Crippen MR) is 125 cm³/mol. The molecule has 2 N–H and O–H groups in total. The lowest BCUT2D eigenvalue weighted by atomic mass is 9.99. The summed E-state index contributed by atoms with van der Waals surface area (Å²) in [6.07, 6.45) is 4.44. The zero-order chi connectivity index (χ0) is 23.1. The minimum Gasteiger partial charge on any atom is -0.459 e. The smallest absolute Gasteiger partial charge is 0.342 e. The van der Waals surface area contributed by atoms with Crippen molar-refractivity contribution in [1.29, 1.82) is 0 Å². The number of carbonyl (C=O) groups excluding carboxylic acids is 1. The number of hydrogen-bond donors (Lipinski definition) is 2. The molecule has 0 aliphatic carbocycles. The van der Waals surface area contributed by atoms with Crippen molar-refractivity contribution in [3.63, 3.8) is 0 Å². The van der Waals surface area contributed by atoms with Gasteiger partial charge in [-0.1, -0.05) is 17.7 Å². The molecule has 5 rings (SSSR count). The van der Waals surface area contributed by atoms with Gasteiger partial charge in [-0.15, -0.1) is 0 Å². The van der Waals surface area contributed by atoms with E-state index in [1.54, 1.807) is 32.3 Å². The average molecular weight is 466 g/mol. The van der Waals surface area contributed by atoms with Gasteiger partial charge in [-0.05, 0) is 61.7 Å². The van der Waals surface area contributed by atoms with Gasteiger partial charge in [0.15, 0.2) is 0 Å². The summed E-state index contributed by atoms with van der Waals surface area (Å²) in [5.74, 6) is -0.00118. The third kappa shape index (κ3) is 4.10. The van der Waals surface area contributed by atoms with E-state index < -0.39 is 12.1 Å². The van der Waals surface area contributed by atoms with Crippen LogP contribution in [0.3, 0.4) is 0 Å². The topological polar surface area (TPSA) is 87.7 Å². The van der Waals surface area contributed by atoms with Crippen molar-refractivity contribution in [3.8, 4) is 0 Å². The van der Waals surface area contributed by atoms with Crippen LogP contribution in [0.2, 0.25) is 5.02 Å². The number of halogens is 1. The van der Waals surface area contributed by atoms with Gasteiger partial charge in [-0.3, -0.25) is 0 Å². The highest BCUT2D eigenvalue weighted by Crippen LogP contribution is 2.36. The van der Waals surface area contributed by atoms with Crippen LogP contribution in [0.4, 0.5) is 0 Å². The largest absolute Gasteiger partial charge is 0.459 e. The fraction of sp³-hybridized carbons (Fsp3) is 0.280. The van der Waals surface area contributed by atoms with Crippen molar-refractivity contribution >= 4 is 34.7 Å². The Bertz CT molecular complexity index is 1290. The minimum absolute atomic E-state index is 0.110. The van der Waals surface area contributed by atoms with Crippen molar-refractivity contribution in [1.82, 2.24) is 14.9 Å². The second-order valence-electron chi connectivity index (χ2n) is 8.45. The molecular weight excluding hydrogens is 442 g/mol. The molecule has 1 atom stereocenters. The number of fused-ring (bicyclic) bond motifs is 2. The van der Waals surface area contributed by atoms with Gasteiger partial charge < -0.3 is 24.5 Å². The standard InChI is InChI=1S/C25H24ClN3O4/c1-14(2)32-25(31)21-22(30)20(11-16-12-28-23-19(16)4-3-8-27-23)33-24(21)29-9-7-15-5-6-18(26)10-17(15)13-29/h3-6,8,10-12,14,22,30H,7,9,13H2,1-2H3,(H,27,28)/b20-11-. The summed E-state index contributed by atoms with van der Waals surface area (Å²) >= 11 is 6.20. The lowest BCUT2D eigenvalue weighted by molar-refractivity contribution is -0.143. The van der Waals surface area contributed by atoms with Crippen molar-refractivity contribution in [3.05, 3.63) is 81.7 Å². The monoisotopic (exact) mass is 465 g/mol. The number of aromatic amines is 1. The minimum atomic E-state index is -1.24. The highest BCUT2D eigenvalue weighted by atomic mass is 35.5. The van der Waals surface area contributed by atoms with E-state index >= 15 is 0 Å². The first-order chi connectivity index (χ1) is 15.9. The SMILES string of the molecule is CC(C)OC(=O)C1=C(N2CCc3ccc(Cl)cc3C2)O/C(=C\c2c[nH]c3ncccc23)C1O. The molecule has 0 saturated carbocycles. The number of hydrogen-bond acceptors (Lipinski definition) is 6. The Balaban J connectivity index is 1.52. The Morgan fingerprint density at radius 2 is 2.21 bits per heavy atom. The number of pyridine rings is 1. The van der Waals surface area contributed by atoms with Gasteiger partial charge >= 0.3 is 5.97 Å². The molecule has 0 fully saturated rings. The normalized spacial score (nSPS) is 19.4. The second-order valence-corrected chi connectivity index (χ2v) is 8.89. The van der Waals surface area contributed by atoms with Gasteiger partial charge in [0.1, 0.15) is 23.1 Å². The number of carbonyl (C=O) groups is 1. The van der Waals surface area contributed by atoms with Crippen molar-refractivity contribution < 1.29 is 19.4 Å². The molecule has 0 amide bonds. The maximum Gasteiger partial charge on any atom is 0.342 e. The summed E-state index contributed by atoms with van der Waals surface area (Å²) in [5.41, 5.74) is 3.92. The van der Waals surface area contributed by atoms with Crippen LogP contribution >= 0.6 is 11.6 Å². The van der Waals surface area contributed by atoms with Gasteiger partial charge in [0.05, 0.1) is 6.10 Å². The number of aromatic nitrogens is 2. The number of nitrogens with one attached hydrogen (secondary N) is 1. The highest BCUT2D eigenvalue weighted by molar-refractivity contribution is 6.30. The van der Waals surface area contributed by atoms with Crippen molar-refractivity contribution in [2.75, 3.05) is 6.54 Å². The Labute approximate surface area is 196 Å². The van der Waals surface area contributed by atoms with E-state index in [0.29, 0.717) is 24.0 Å². The van der Waals surface area contributed by atoms with Crippen molar-refractivity contribution in [2.45, 2.75) is 39.0 Å². The fourth-order valence-corrected chi connectivity index (χ4v) is 4.44. The van der Waals surface area contributed by atoms with Crippen LogP contribution in [-0.4, -0.2) is 44.7 Å². The summed E-state index contributed by atoms with van der Waals surface area (Å²) < 4.78 is 11.6. The Kier molecular flexibility index (Phi) is 5.60. The number of aliphatic hydroxyl groups is 1. The number of esters is 1. The first kappa shape index (κ1) is 21.6. The number of rotatable bonds is 4. The lowest BCUT2D eigenvalue weighted by Crippen LogP contribution is -2.32. The van der Waals surface area contributed by atoms with Gasteiger partial charge in [0.2, 0.25) is 5.88 Å². The molecule has 1 aromatic carbocycles. The van der Waals surface area contributed by atoms with Gasteiger partial charge in [0, 0.05) is 41.5 Å². The van der Waals surface area contributed by atoms with Gasteiger partial charge in [0.25, 0.3) is 0 Å². The molecule has 7 nitrogen and oxygen atoms in total. The molecule has 3 aromatic rings. The van der Waals surface area contributed by atoms with Crippen LogP contribution in [0, 0.1) is 0 Å². The van der Waals surface area contributed by atoms with E-state index in [9.17, 15) is 9.90 Å². The third-order valence-corrected chi connectivity index (χ3v) is 6.03. The molecule has 0 saturated heterocycles. The number of nitrogens with zero attached hydrogens (tertiary/aromatic N) is 2. The van der Waals surface area contributed by atoms with Crippen molar-refractivity contribution in [2.24, 2.45) is 0 Å². The van der Waals surface area contributed by atoms with E-state index in [1.807, 2.05) is 35.2 Å². The maximum absolute atomic E-state index is 13.0. The zero-order valence-corrected chi connectivity index (χ0v) is 19.1. The molecule has 2 aliphatic heterocycles. The molecule has 4 heterocycles. The van der Waals surface area contributed by atoms with Crippen LogP contribution in [0.25, 0.3) is 17.1 Å². The molecule has 33 heavy (non-hydrogen) atoms. The van der Waals surface area contributed by atoms with E-state index in [4.69, 9.17) is 21.1 Å². The molecule has 2 aromatic heterocycles. The van der Waals surface area contributed by atoms with Crippen LogP contribution < -0.4 is 0 Å². The number of benzene rings is 1. The first-order valence-electron chi connectivity index (χ1n) is 10.9. The fourth-order valence-electron chi connectivity index (χ4n) is 4.25. The molecule has 0 bridgehead atoms. The molecular formula is C25H24ClN3O4. The van der Waals surface area contributed by atoms with Crippen LogP contribution in [-0.2, 0) is 27.2 Å². The second kappa shape index (κ2) is 8.57.